The van der Waals surface area contributed by atoms with E-state index in [4.69, 9.17) is 0 Å². The van der Waals surface area contributed by atoms with Gasteiger partial charge in [0.15, 0.2) is 5.03 Å². The minimum atomic E-state index is -3.68. The number of amides is 1. The summed E-state index contributed by atoms with van der Waals surface area (Å²) < 4.78 is 26.4. The van der Waals surface area contributed by atoms with Crippen molar-refractivity contribution in [2.75, 3.05) is 32.7 Å². The van der Waals surface area contributed by atoms with Crippen molar-refractivity contribution in [2.45, 2.75) is 23.9 Å². The van der Waals surface area contributed by atoms with Crippen LogP contribution in [0.2, 0.25) is 0 Å². The lowest BCUT2D eigenvalue weighted by Crippen LogP contribution is -2.53. The molecule has 21 heavy (non-hydrogen) atoms. The number of rotatable bonds is 3. The van der Waals surface area contributed by atoms with E-state index in [1.165, 1.54) is 16.8 Å². The maximum absolute atomic E-state index is 12.6. The largest absolute Gasteiger partial charge is 0.339 e. The number of sulfonamides is 1. The number of imidazole rings is 1. The summed E-state index contributed by atoms with van der Waals surface area (Å²) >= 11 is 0. The molecule has 2 fully saturated rings. The Hall–Kier alpha value is -1.45. The Labute approximate surface area is 123 Å². The van der Waals surface area contributed by atoms with E-state index in [0.29, 0.717) is 32.5 Å². The molecule has 0 bridgehead atoms. The van der Waals surface area contributed by atoms with Gasteiger partial charge in [-0.15, -0.1) is 0 Å². The van der Waals surface area contributed by atoms with Gasteiger partial charge in [0, 0.05) is 32.7 Å². The highest BCUT2D eigenvalue weighted by atomic mass is 32.2. The normalized spacial score (nSPS) is 24.4. The molecule has 1 aromatic rings. The molecule has 0 aromatic carbocycles. The molecule has 0 spiro atoms. The van der Waals surface area contributed by atoms with Gasteiger partial charge in [0.2, 0.25) is 5.91 Å². The zero-order valence-corrected chi connectivity index (χ0v) is 12.5. The third kappa shape index (κ3) is 2.68. The van der Waals surface area contributed by atoms with Crippen molar-refractivity contribution in [3.63, 3.8) is 0 Å². The lowest BCUT2D eigenvalue weighted by atomic mass is 10.2. The van der Waals surface area contributed by atoms with E-state index in [2.05, 4.69) is 15.3 Å². The minimum absolute atomic E-state index is 0.0440. The topological polar surface area (TPSA) is 98.4 Å². The number of carbonyl (C=O) groups excluding carboxylic acids is 1. The zero-order valence-electron chi connectivity index (χ0n) is 11.7. The number of piperazine rings is 1. The first-order valence-electron chi connectivity index (χ1n) is 7.10. The number of aromatic nitrogens is 2. The summed E-state index contributed by atoms with van der Waals surface area (Å²) in [7, 11) is -3.68. The molecule has 0 radical (unpaired) electrons. The molecule has 116 valence electrons. The van der Waals surface area contributed by atoms with E-state index in [9.17, 15) is 13.2 Å². The average Bonchev–Trinajstić information content (AvgIpc) is 3.19. The molecule has 2 saturated heterocycles. The van der Waals surface area contributed by atoms with Gasteiger partial charge in [-0.25, -0.2) is 13.4 Å². The fourth-order valence-electron chi connectivity index (χ4n) is 2.88. The molecule has 1 atom stereocenters. The molecule has 3 heterocycles. The molecular weight excluding hydrogens is 294 g/mol. The van der Waals surface area contributed by atoms with E-state index in [-0.39, 0.29) is 10.9 Å². The van der Waals surface area contributed by atoms with Gasteiger partial charge < -0.3 is 15.2 Å². The van der Waals surface area contributed by atoms with Crippen LogP contribution in [0, 0.1) is 0 Å². The van der Waals surface area contributed by atoms with Gasteiger partial charge in [0.25, 0.3) is 10.0 Å². The summed E-state index contributed by atoms with van der Waals surface area (Å²) in [6.45, 7) is 3.15. The summed E-state index contributed by atoms with van der Waals surface area (Å²) in [5.74, 6) is -0.0860. The van der Waals surface area contributed by atoms with Crippen LogP contribution in [-0.2, 0) is 14.8 Å². The van der Waals surface area contributed by atoms with E-state index < -0.39 is 16.1 Å². The number of hydrogen-bond donors (Lipinski definition) is 2. The summed E-state index contributed by atoms with van der Waals surface area (Å²) in [5, 5.41) is 3.23. The van der Waals surface area contributed by atoms with E-state index >= 15 is 0 Å². The van der Waals surface area contributed by atoms with E-state index in [1.807, 2.05) is 0 Å². The van der Waals surface area contributed by atoms with Crippen molar-refractivity contribution in [1.29, 1.82) is 0 Å². The monoisotopic (exact) mass is 313 g/mol. The van der Waals surface area contributed by atoms with Crippen LogP contribution < -0.4 is 5.32 Å². The van der Waals surface area contributed by atoms with Crippen LogP contribution in [0.4, 0.5) is 0 Å². The Balaban J connectivity index is 1.81. The Kier molecular flexibility index (Phi) is 3.96. The molecule has 2 N–H and O–H groups in total. The zero-order chi connectivity index (χ0) is 14.9. The van der Waals surface area contributed by atoms with Gasteiger partial charge >= 0.3 is 0 Å². The summed E-state index contributed by atoms with van der Waals surface area (Å²) in [6, 6.07) is -0.587. The summed E-state index contributed by atoms with van der Waals surface area (Å²) in [6.07, 6.45) is 3.89. The van der Waals surface area contributed by atoms with Crippen LogP contribution in [-0.4, -0.2) is 72.3 Å². The van der Waals surface area contributed by atoms with Gasteiger partial charge in [0.05, 0.1) is 12.5 Å². The van der Waals surface area contributed by atoms with Crippen molar-refractivity contribution in [2.24, 2.45) is 0 Å². The first-order valence-corrected chi connectivity index (χ1v) is 8.54. The molecule has 1 unspecified atom stereocenters. The Morgan fingerprint density at radius 3 is 2.71 bits per heavy atom. The molecule has 1 amide bonds. The first kappa shape index (κ1) is 14.5. The van der Waals surface area contributed by atoms with E-state index in [0.717, 1.165) is 13.1 Å². The van der Waals surface area contributed by atoms with Crippen LogP contribution in [0.1, 0.15) is 12.8 Å². The Morgan fingerprint density at radius 2 is 2.05 bits per heavy atom. The maximum atomic E-state index is 12.6. The molecule has 2 aliphatic rings. The Bertz CT molecular complexity index is 594. The van der Waals surface area contributed by atoms with Crippen molar-refractivity contribution >= 4 is 15.9 Å². The number of aromatic amines is 1. The molecule has 8 nitrogen and oxygen atoms in total. The number of nitrogens with zero attached hydrogens (tertiary/aromatic N) is 3. The van der Waals surface area contributed by atoms with Crippen molar-refractivity contribution in [3.8, 4) is 0 Å². The number of nitrogens with one attached hydrogen (secondary N) is 2. The van der Waals surface area contributed by atoms with Gasteiger partial charge in [-0.05, 0) is 12.8 Å². The number of hydrogen-bond acceptors (Lipinski definition) is 5. The molecular formula is C12H19N5O3S. The highest BCUT2D eigenvalue weighted by Gasteiger charge is 2.41. The van der Waals surface area contributed by atoms with Gasteiger partial charge in [-0.3, -0.25) is 4.79 Å². The predicted molar refractivity (Wildman–Crippen MR) is 75.0 cm³/mol. The van der Waals surface area contributed by atoms with Crippen LogP contribution in [0.5, 0.6) is 0 Å². The van der Waals surface area contributed by atoms with Crippen molar-refractivity contribution < 1.29 is 13.2 Å². The second-order valence-corrected chi connectivity index (χ2v) is 7.12. The standard InChI is InChI=1S/C12H19N5O3S/c18-12(16-6-3-13-4-7-16)10-2-1-5-17(10)21(19,20)11-8-14-9-15-11/h8-10,13H,1-7H2,(H,14,15). The fourth-order valence-corrected chi connectivity index (χ4v) is 4.43. The second-order valence-electron chi connectivity index (χ2n) is 5.26. The quantitative estimate of drug-likeness (QED) is 0.745. The smallest absolute Gasteiger partial charge is 0.260 e. The summed E-state index contributed by atoms with van der Waals surface area (Å²) in [5.41, 5.74) is 0. The first-order chi connectivity index (χ1) is 10.1. The lowest BCUT2D eigenvalue weighted by Gasteiger charge is -2.32. The summed E-state index contributed by atoms with van der Waals surface area (Å²) in [4.78, 5) is 20.7. The molecule has 0 aliphatic carbocycles. The predicted octanol–water partition coefficient (Wildman–Crippen LogP) is -1.01. The second kappa shape index (κ2) is 5.74. The average molecular weight is 313 g/mol. The van der Waals surface area contributed by atoms with Crippen LogP contribution >= 0.6 is 0 Å². The van der Waals surface area contributed by atoms with E-state index in [1.54, 1.807) is 4.90 Å². The molecule has 2 aliphatic heterocycles. The van der Waals surface area contributed by atoms with Crippen LogP contribution in [0.15, 0.2) is 17.6 Å². The fraction of sp³-hybridized carbons (Fsp3) is 0.667. The molecule has 9 heteroatoms. The van der Waals surface area contributed by atoms with Crippen molar-refractivity contribution in [3.05, 3.63) is 12.5 Å². The minimum Gasteiger partial charge on any atom is -0.339 e. The highest BCUT2D eigenvalue weighted by molar-refractivity contribution is 7.89. The van der Waals surface area contributed by atoms with Gasteiger partial charge in [-0.1, -0.05) is 0 Å². The molecule has 1 aromatic heterocycles. The molecule has 0 saturated carbocycles. The Morgan fingerprint density at radius 1 is 1.29 bits per heavy atom. The van der Waals surface area contributed by atoms with Gasteiger partial charge in [-0.2, -0.15) is 4.31 Å². The van der Waals surface area contributed by atoms with Gasteiger partial charge in [0.1, 0.15) is 6.04 Å². The molecule has 3 rings (SSSR count). The number of H-pyrrole nitrogens is 1. The third-order valence-electron chi connectivity index (χ3n) is 3.98. The number of carbonyl (C=O) groups is 1. The van der Waals surface area contributed by atoms with Crippen molar-refractivity contribution in [1.82, 2.24) is 24.5 Å². The third-order valence-corrected chi connectivity index (χ3v) is 5.81. The highest BCUT2D eigenvalue weighted by Crippen LogP contribution is 2.26. The van der Waals surface area contributed by atoms with Crippen LogP contribution in [0.25, 0.3) is 0 Å². The van der Waals surface area contributed by atoms with Crippen LogP contribution in [0.3, 0.4) is 0 Å². The lowest BCUT2D eigenvalue weighted by molar-refractivity contribution is -0.135. The maximum Gasteiger partial charge on any atom is 0.260 e. The SMILES string of the molecule is O=C(C1CCCN1S(=O)(=O)c1cnc[nH]1)N1CCNCC1.